The minimum Gasteiger partial charge on any atom is -0.478 e. The van der Waals surface area contributed by atoms with E-state index < -0.39 is 5.97 Å². The van der Waals surface area contributed by atoms with E-state index >= 15 is 0 Å². The van der Waals surface area contributed by atoms with E-state index in [0.717, 1.165) is 5.56 Å². The van der Waals surface area contributed by atoms with Gasteiger partial charge in [-0.1, -0.05) is 5.16 Å². The van der Waals surface area contributed by atoms with Crippen LogP contribution in [0, 0.1) is 13.8 Å². The lowest BCUT2D eigenvalue weighted by Gasteiger charge is -2.06. The van der Waals surface area contributed by atoms with Crippen molar-refractivity contribution in [2.45, 2.75) is 26.7 Å². The molecule has 1 aromatic heterocycles. The van der Waals surface area contributed by atoms with Crippen LogP contribution in [0.5, 0.6) is 0 Å². The van der Waals surface area contributed by atoms with Gasteiger partial charge in [-0.2, -0.15) is 4.98 Å². The van der Waals surface area contributed by atoms with Crippen LogP contribution in [-0.2, 0) is 6.42 Å². The van der Waals surface area contributed by atoms with Crippen molar-refractivity contribution in [3.8, 4) is 0 Å². The molecule has 0 bridgehead atoms. The summed E-state index contributed by atoms with van der Waals surface area (Å²) in [6.45, 7) is 3.93. The molecule has 0 spiro atoms. The highest BCUT2D eigenvalue weighted by molar-refractivity contribution is 5.97. The van der Waals surface area contributed by atoms with Crippen LogP contribution in [0.1, 0.15) is 44.4 Å². The summed E-state index contributed by atoms with van der Waals surface area (Å²) in [5.41, 5.74) is 1.17. The average molecular weight is 303 g/mol. The molecule has 2 N–H and O–H groups in total. The molecule has 0 saturated heterocycles. The molecule has 0 aliphatic heterocycles. The second-order valence-corrected chi connectivity index (χ2v) is 4.99. The molecule has 1 amide bonds. The first kappa shape index (κ1) is 15.7. The van der Waals surface area contributed by atoms with Crippen LogP contribution in [0.15, 0.2) is 22.7 Å². The van der Waals surface area contributed by atoms with Gasteiger partial charge in [-0.3, -0.25) is 4.79 Å². The number of carboxylic acid groups (broad SMARTS) is 1. The molecule has 116 valence electrons. The van der Waals surface area contributed by atoms with E-state index in [1.807, 2.05) is 0 Å². The lowest BCUT2D eigenvalue weighted by atomic mass is 10.1. The van der Waals surface area contributed by atoms with E-state index in [4.69, 9.17) is 9.63 Å². The fourth-order valence-electron chi connectivity index (χ4n) is 2.02. The third-order valence-electron chi connectivity index (χ3n) is 3.01. The van der Waals surface area contributed by atoms with Gasteiger partial charge < -0.3 is 14.9 Å². The maximum atomic E-state index is 12.0. The largest absolute Gasteiger partial charge is 0.478 e. The predicted octanol–water partition coefficient (Wildman–Crippen LogP) is 1.75. The zero-order valence-electron chi connectivity index (χ0n) is 12.4. The van der Waals surface area contributed by atoms with Gasteiger partial charge in [0.05, 0.1) is 5.56 Å². The maximum Gasteiger partial charge on any atom is 0.335 e. The Morgan fingerprint density at radius 2 is 1.95 bits per heavy atom. The summed E-state index contributed by atoms with van der Waals surface area (Å²) in [5.74, 6) is -0.229. The van der Waals surface area contributed by atoms with Crippen molar-refractivity contribution in [3.63, 3.8) is 0 Å². The Morgan fingerprint density at radius 3 is 2.59 bits per heavy atom. The smallest absolute Gasteiger partial charge is 0.335 e. The number of aromatic carboxylic acids is 1. The van der Waals surface area contributed by atoms with Crippen LogP contribution in [0.3, 0.4) is 0 Å². The van der Waals surface area contributed by atoms with Crippen LogP contribution in [0.2, 0.25) is 0 Å². The van der Waals surface area contributed by atoms with Crippen molar-refractivity contribution in [1.29, 1.82) is 0 Å². The first-order valence-corrected chi connectivity index (χ1v) is 6.88. The summed E-state index contributed by atoms with van der Waals surface area (Å²) < 4.78 is 4.97. The number of hydrogen-bond donors (Lipinski definition) is 2. The Kier molecular flexibility index (Phi) is 4.88. The molecule has 0 saturated carbocycles. The van der Waals surface area contributed by atoms with Gasteiger partial charge in [0.15, 0.2) is 5.82 Å². The van der Waals surface area contributed by atoms with Gasteiger partial charge in [0, 0.05) is 18.5 Å². The number of carbonyl (C=O) groups is 2. The molecule has 0 aliphatic carbocycles. The molecular formula is C15H17N3O4. The molecule has 1 aromatic carbocycles. The number of nitrogens with zero attached hydrogens (tertiary/aromatic N) is 2. The number of rotatable bonds is 6. The highest BCUT2D eigenvalue weighted by atomic mass is 16.5. The monoisotopic (exact) mass is 303 g/mol. The number of hydrogen-bond acceptors (Lipinski definition) is 5. The summed E-state index contributed by atoms with van der Waals surface area (Å²) in [7, 11) is 0. The lowest BCUT2D eigenvalue weighted by molar-refractivity contribution is 0.0696. The quantitative estimate of drug-likeness (QED) is 0.788. The molecule has 0 atom stereocenters. The molecule has 0 radical (unpaired) electrons. The molecule has 2 rings (SSSR count). The van der Waals surface area contributed by atoms with Crippen LogP contribution in [-0.4, -0.2) is 33.7 Å². The first-order valence-electron chi connectivity index (χ1n) is 6.88. The molecule has 0 unspecified atom stereocenters. The Labute approximate surface area is 127 Å². The number of carboxylic acids is 1. The maximum absolute atomic E-state index is 12.0. The number of amides is 1. The van der Waals surface area contributed by atoms with E-state index in [0.29, 0.717) is 36.7 Å². The number of benzene rings is 1. The Hall–Kier alpha value is -2.70. The third-order valence-corrected chi connectivity index (χ3v) is 3.01. The fraction of sp³-hybridized carbons (Fsp3) is 0.333. The van der Waals surface area contributed by atoms with Crippen molar-refractivity contribution >= 4 is 11.9 Å². The van der Waals surface area contributed by atoms with Gasteiger partial charge in [-0.05, 0) is 44.0 Å². The van der Waals surface area contributed by atoms with Crippen molar-refractivity contribution < 1.29 is 19.2 Å². The molecule has 2 aromatic rings. The van der Waals surface area contributed by atoms with Crippen LogP contribution in [0.25, 0.3) is 0 Å². The van der Waals surface area contributed by atoms with E-state index in [1.165, 1.54) is 12.1 Å². The number of aryl methyl sites for hydroxylation is 3. The van der Waals surface area contributed by atoms with Gasteiger partial charge in [0.2, 0.25) is 5.89 Å². The van der Waals surface area contributed by atoms with E-state index in [-0.39, 0.29) is 11.5 Å². The number of carbonyl (C=O) groups excluding carboxylic acids is 1. The zero-order chi connectivity index (χ0) is 16.1. The standard InChI is InChI=1S/C15H17N3O4/c1-9-6-11(8-12(7-9)15(20)21)14(19)16-5-3-4-13-17-10(2)18-22-13/h6-8H,3-5H2,1-2H3,(H,16,19)(H,20,21). The van der Waals surface area contributed by atoms with E-state index in [2.05, 4.69) is 15.5 Å². The van der Waals surface area contributed by atoms with E-state index in [9.17, 15) is 9.59 Å². The van der Waals surface area contributed by atoms with Crippen LogP contribution in [0.4, 0.5) is 0 Å². The van der Waals surface area contributed by atoms with Gasteiger partial charge in [-0.25, -0.2) is 4.79 Å². The molecule has 0 aliphatic rings. The van der Waals surface area contributed by atoms with Crippen molar-refractivity contribution in [1.82, 2.24) is 15.5 Å². The Balaban J connectivity index is 1.88. The fourth-order valence-corrected chi connectivity index (χ4v) is 2.02. The molecule has 7 heteroatoms. The van der Waals surface area contributed by atoms with E-state index in [1.54, 1.807) is 19.9 Å². The van der Waals surface area contributed by atoms with Gasteiger partial charge in [0.1, 0.15) is 0 Å². The molecular weight excluding hydrogens is 286 g/mol. The SMILES string of the molecule is Cc1cc(C(=O)O)cc(C(=O)NCCCc2nc(C)no2)c1. The summed E-state index contributed by atoms with van der Waals surface area (Å²) in [6, 6.07) is 4.55. The molecule has 0 fully saturated rings. The zero-order valence-corrected chi connectivity index (χ0v) is 12.4. The summed E-state index contributed by atoms with van der Waals surface area (Å²) in [5, 5.41) is 15.4. The first-order chi connectivity index (χ1) is 10.5. The summed E-state index contributed by atoms with van der Waals surface area (Å²) in [4.78, 5) is 27.1. The van der Waals surface area contributed by atoms with Gasteiger partial charge in [-0.15, -0.1) is 0 Å². The molecule has 1 heterocycles. The second kappa shape index (κ2) is 6.84. The minimum atomic E-state index is -1.05. The van der Waals surface area contributed by atoms with Gasteiger partial charge >= 0.3 is 5.97 Å². The number of aromatic nitrogens is 2. The Morgan fingerprint density at radius 1 is 1.23 bits per heavy atom. The predicted molar refractivity (Wildman–Crippen MR) is 77.8 cm³/mol. The second-order valence-electron chi connectivity index (χ2n) is 4.99. The number of nitrogens with one attached hydrogen (secondary N) is 1. The highest BCUT2D eigenvalue weighted by Gasteiger charge is 2.11. The average Bonchev–Trinajstić information content (AvgIpc) is 2.88. The topological polar surface area (TPSA) is 105 Å². The Bertz CT molecular complexity index is 694. The molecule has 22 heavy (non-hydrogen) atoms. The van der Waals surface area contributed by atoms with Crippen molar-refractivity contribution in [2.75, 3.05) is 6.54 Å². The van der Waals surface area contributed by atoms with Crippen LogP contribution < -0.4 is 5.32 Å². The molecule has 7 nitrogen and oxygen atoms in total. The normalized spacial score (nSPS) is 10.5. The summed E-state index contributed by atoms with van der Waals surface area (Å²) >= 11 is 0. The van der Waals surface area contributed by atoms with Crippen LogP contribution >= 0.6 is 0 Å². The van der Waals surface area contributed by atoms with Crippen molar-refractivity contribution in [2.24, 2.45) is 0 Å². The highest BCUT2D eigenvalue weighted by Crippen LogP contribution is 2.10. The third kappa shape index (κ3) is 4.15. The lowest BCUT2D eigenvalue weighted by Crippen LogP contribution is -2.25. The van der Waals surface area contributed by atoms with Gasteiger partial charge in [0.25, 0.3) is 5.91 Å². The minimum absolute atomic E-state index is 0.103. The van der Waals surface area contributed by atoms with Crippen molar-refractivity contribution in [3.05, 3.63) is 46.6 Å². The summed E-state index contributed by atoms with van der Waals surface area (Å²) in [6.07, 6.45) is 1.24.